The summed E-state index contributed by atoms with van der Waals surface area (Å²) in [6, 6.07) is 2.39. The summed E-state index contributed by atoms with van der Waals surface area (Å²) in [5.74, 6) is -8.96. The van der Waals surface area contributed by atoms with E-state index in [1.54, 1.807) is 26.2 Å². The van der Waals surface area contributed by atoms with Crippen LogP contribution in [0.25, 0.3) is 0 Å². The number of benzene rings is 1. The zero-order valence-electron chi connectivity index (χ0n) is 17.2. The predicted octanol–water partition coefficient (Wildman–Crippen LogP) is 0.575. The molecule has 2 N–H and O–H groups in total. The Morgan fingerprint density at radius 1 is 1.16 bits per heavy atom. The summed E-state index contributed by atoms with van der Waals surface area (Å²) in [6.07, 6.45) is 0.392. The Morgan fingerprint density at radius 3 is 2.39 bits per heavy atom. The molecule has 0 bridgehead atoms. The molecule has 3 aliphatic rings. The molecule has 0 heterocycles. The molecule has 31 heavy (non-hydrogen) atoms. The van der Waals surface area contributed by atoms with Crippen molar-refractivity contribution < 1.29 is 34.2 Å². The standard InChI is InChI=1S/C22H22INO7/c1-8(25)13-19(28)16(24(2)3)11-7-10-6-9-4-5-12(23)17(26)14(9)18(27)15(10)21(30)22(11,31)20(13)29/h4-5,10-11,13,15-16,26,31H,6-7H2,1-3H3/t10-,11-,13?,15?,16-,22+/m0/s1. The van der Waals surface area contributed by atoms with Crippen molar-refractivity contribution in [2.45, 2.75) is 31.4 Å². The first-order valence-corrected chi connectivity index (χ1v) is 11.1. The van der Waals surface area contributed by atoms with Gasteiger partial charge in [0, 0.05) is 5.92 Å². The largest absolute Gasteiger partial charge is 0.506 e. The molecule has 0 spiro atoms. The molecule has 1 aromatic carbocycles. The van der Waals surface area contributed by atoms with Crippen molar-refractivity contribution in [1.29, 1.82) is 0 Å². The summed E-state index contributed by atoms with van der Waals surface area (Å²) in [7, 11) is 3.18. The maximum atomic E-state index is 13.6. The molecule has 9 heteroatoms. The fraction of sp³-hybridized carbons (Fsp3) is 0.500. The highest BCUT2D eigenvalue weighted by Gasteiger charge is 2.69. The van der Waals surface area contributed by atoms with E-state index in [0.29, 0.717) is 15.6 Å². The third-order valence-electron chi connectivity index (χ3n) is 7.01. The number of Topliss-reactive ketones (excluding diaryl/α,β-unsaturated/α-hetero) is 5. The van der Waals surface area contributed by atoms with Crippen molar-refractivity contribution in [3.8, 4) is 5.75 Å². The molecule has 2 saturated carbocycles. The molecule has 6 atom stereocenters. The van der Waals surface area contributed by atoms with Gasteiger partial charge in [-0.25, -0.2) is 0 Å². The first-order valence-electron chi connectivity index (χ1n) is 9.99. The molecule has 8 nitrogen and oxygen atoms in total. The third-order valence-corrected chi connectivity index (χ3v) is 7.88. The lowest BCUT2D eigenvalue weighted by Crippen LogP contribution is -2.73. The maximum Gasteiger partial charge on any atom is 0.190 e. The smallest absolute Gasteiger partial charge is 0.190 e. The molecule has 0 radical (unpaired) electrons. The van der Waals surface area contributed by atoms with Crippen LogP contribution in [0.4, 0.5) is 0 Å². The van der Waals surface area contributed by atoms with Crippen LogP contribution in [-0.2, 0) is 25.6 Å². The highest BCUT2D eigenvalue weighted by atomic mass is 127. The average molecular weight is 539 g/mol. The predicted molar refractivity (Wildman–Crippen MR) is 116 cm³/mol. The third kappa shape index (κ3) is 2.89. The van der Waals surface area contributed by atoms with Crippen molar-refractivity contribution in [3.05, 3.63) is 26.8 Å². The Morgan fingerprint density at radius 2 is 1.81 bits per heavy atom. The highest BCUT2D eigenvalue weighted by molar-refractivity contribution is 14.1. The summed E-state index contributed by atoms with van der Waals surface area (Å²) in [4.78, 5) is 66.7. The molecular formula is C22H22INO7. The molecule has 164 valence electrons. The molecule has 0 aliphatic heterocycles. The van der Waals surface area contributed by atoms with Crippen LogP contribution in [-0.4, -0.2) is 69.8 Å². The number of nitrogens with zero attached hydrogens (tertiary/aromatic N) is 1. The number of carbonyl (C=O) groups excluding carboxylic acids is 5. The fourth-order valence-corrected chi connectivity index (χ4v) is 6.12. The van der Waals surface area contributed by atoms with E-state index in [1.165, 1.54) is 4.90 Å². The Balaban J connectivity index is 1.87. The zero-order chi connectivity index (χ0) is 23.0. The number of aliphatic hydroxyl groups is 1. The Bertz CT molecular complexity index is 1060. The van der Waals surface area contributed by atoms with Crippen molar-refractivity contribution in [3.63, 3.8) is 0 Å². The van der Waals surface area contributed by atoms with E-state index in [0.717, 1.165) is 6.92 Å². The van der Waals surface area contributed by atoms with Crippen LogP contribution in [0, 0.1) is 27.2 Å². The van der Waals surface area contributed by atoms with Gasteiger partial charge in [-0.05, 0) is 74.0 Å². The van der Waals surface area contributed by atoms with Crippen LogP contribution in [0.1, 0.15) is 29.3 Å². The van der Waals surface area contributed by atoms with E-state index in [-0.39, 0.29) is 17.7 Å². The van der Waals surface area contributed by atoms with Gasteiger partial charge < -0.3 is 10.2 Å². The number of carbonyl (C=O) groups is 5. The topological polar surface area (TPSA) is 129 Å². The van der Waals surface area contributed by atoms with E-state index in [1.807, 2.05) is 22.6 Å². The van der Waals surface area contributed by atoms with Crippen LogP contribution >= 0.6 is 22.6 Å². The Kier molecular flexibility index (Phi) is 5.22. The SMILES string of the molecule is CC(=O)C1C(=O)[C@@H](N(C)C)[C@@H]2C[C@@H]3Cc4ccc(I)c(O)c4C(=O)C3C(=O)[C@]2(O)C1=O. The van der Waals surface area contributed by atoms with E-state index in [9.17, 15) is 34.2 Å². The molecule has 3 aliphatic carbocycles. The molecule has 4 rings (SSSR count). The Labute approximate surface area is 192 Å². The number of fused-ring (bicyclic) bond motifs is 3. The monoisotopic (exact) mass is 539 g/mol. The first kappa shape index (κ1) is 22.2. The highest BCUT2D eigenvalue weighted by Crippen LogP contribution is 2.50. The van der Waals surface area contributed by atoms with Crippen molar-refractivity contribution in [2.75, 3.05) is 14.1 Å². The average Bonchev–Trinajstić information content (AvgIpc) is 2.67. The second-order valence-electron chi connectivity index (χ2n) is 8.93. The van der Waals surface area contributed by atoms with Gasteiger partial charge in [0.15, 0.2) is 28.7 Å². The van der Waals surface area contributed by atoms with E-state index < -0.39 is 64.2 Å². The van der Waals surface area contributed by atoms with Crippen LogP contribution in [0.2, 0.25) is 0 Å². The first-order chi connectivity index (χ1) is 14.4. The normalized spacial score (nSPS) is 35.0. The summed E-state index contributed by atoms with van der Waals surface area (Å²) in [5, 5.41) is 21.9. The fourth-order valence-electron chi connectivity index (χ4n) is 5.67. The lowest BCUT2D eigenvalue weighted by molar-refractivity contribution is -0.181. The molecule has 0 saturated heterocycles. The number of likely N-dealkylation sites (N-methyl/N-ethyl adjacent to an activating group) is 1. The molecule has 2 unspecified atom stereocenters. The minimum absolute atomic E-state index is 0.0372. The van der Waals surface area contributed by atoms with Crippen molar-refractivity contribution >= 4 is 51.5 Å². The lowest BCUT2D eigenvalue weighted by atomic mass is 9.52. The van der Waals surface area contributed by atoms with Crippen LogP contribution in [0.3, 0.4) is 0 Å². The number of ketones is 5. The van der Waals surface area contributed by atoms with Crippen LogP contribution in [0.5, 0.6) is 5.75 Å². The minimum atomic E-state index is -2.61. The maximum absolute atomic E-state index is 13.6. The van der Waals surface area contributed by atoms with Gasteiger partial charge in [0.1, 0.15) is 17.5 Å². The lowest BCUT2D eigenvalue weighted by Gasteiger charge is -2.52. The van der Waals surface area contributed by atoms with Crippen molar-refractivity contribution in [1.82, 2.24) is 4.90 Å². The summed E-state index contributed by atoms with van der Waals surface area (Å²) in [6.45, 7) is 1.08. The summed E-state index contributed by atoms with van der Waals surface area (Å²) in [5.41, 5.74) is -1.97. The number of halogens is 1. The molecule has 0 aromatic heterocycles. The van der Waals surface area contributed by atoms with Crippen LogP contribution < -0.4 is 0 Å². The number of aromatic hydroxyl groups is 1. The minimum Gasteiger partial charge on any atom is -0.506 e. The van der Waals surface area contributed by atoms with E-state index in [2.05, 4.69) is 0 Å². The Hall–Kier alpha value is -1.98. The number of hydrogen-bond donors (Lipinski definition) is 2. The molecular weight excluding hydrogens is 517 g/mol. The van der Waals surface area contributed by atoms with E-state index in [4.69, 9.17) is 0 Å². The van der Waals surface area contributed by atoms with E-state index >= 15 is 0 Å². The van der Waals surface area contributed by atoms with Gasteiger partial charge in [0.05, 0.1) is 21.1 Å². The molecule has 1 aromatic rings. The van der Waals surface area contributed by atoms with Gasteiger partial charge in [0.2, 0.25) is 0 Å². The zero-order valence-corrected chi connectivity index (χ0v) is 19.4. The van der Waals surface area contributed by atoms with Gasteiger partial charge in [-0.15, -0.1) is 0 Å². The van der Waals surface area contributed by atoms with Gasteiger partial charge in [-0.3, -0.25) is 28.9 Å². The van der Waals surface area contributed by atoms with Gasteiger partial charge in [-0.1, -0.05) is 6.07 Å². The number of hydrogen-bond acceptors (Lipinski definition) is 8. The van der Waals surface area contributed by atoms with Gasteiger partial charge >= 0.3 is 0 Å². The number of phenols is 1. The molecule has 0 amide bonds. The second-order valence-corrected chi connectivity index (χ2v) is 10.1. The summed E-state index contributed by atoms with van der Waals surface area (Å²) < 4.78 is 0.451. The molecule has 2 fully saturated rings. The second kappa shape index (κ2) is 7.28. The number of rotatable bonds is 2. The summed E-state index contributed by atoms with van der Waals surface area (Å²) >= 11 is 1.88. The van der Waals surface area contributed by atoms with Gasteiger partial charge in [-0.2, -0.15) is 0 Å². The van der Waals surface area contributed by atoms with Gasteiger partial charge in [0.25, 0.3) is 0 Å². The quantitative estimate of drug-likeness (QED) is 0.413. The number of phenolic OH excluding ortho intramolecular Hbond substituents is 1. The van der Waals surface area contributed by atoms with Crippen molar-refractivity contribution in [2.24, 2.45) is 23.7 Å². The van der Waals surface area contributed by atoms with Crippen LogP contribution in [0.15, 0.2) is 12.1 Å².